The van der Waals surface area contributed by atoms with E-state index in [9.17, 15) is 9.90 Å². The number of nitrogens with zero attached hydrogens (tertiary/aromatic N) is 1. The molecular formula is C14H26N2O3. The van der Waals surface area contributed by atoms with E-state index >= 15 is 0 Å². The van der Waals surface area contributed by atoms with Crippen molar-refractivity contribution in [3.8, 4) is 0 Å². The zero-order valence-corrected chi connectivity index (χ0v) is 12.2. The topological polar surface area (TPSA) is 70.9 Å². The van der Waals surface area contributed by atoms with Gasteiger partial charge in [0.1, 0.15) is 0 Å². The van der Waals surface area contributed by atoms with Gasteiger partial charge in [-0.15, -0.1) is 0 Å². The minimum atomic E-state index is -0.699. The molecule has 1 amide bonds. The number of hydrogen-bond acceptors (Lipinski definition) is 4. The van der Waals surface area contributed by atoms with Crippen molar-refractivity contribution in [3.63, 3.8) is 0 Å². The van der Waals surface area contributed by atoms with Crippen molar-refractivity contribution in [2.24, 2.45) is 5.16 Å². The highest BCUT2D eigenvalue weighted by Crippen LogP contribution is 2.30. The van der Waals surface area contributed by atoms with Crippen LogP contribution in [0.4, 0.5) is 0 Å². The molecule has 0 bridgehead atoms. The normalized spacial score (nSPS) is 18.1. The van der Waals surface area contributed by atoms with Crippen LogP contribution in [0.2, 0.25) is 0 Å². The molecule has 0 heterocycles. The SMILES string of the molecule is CCCC[C@H](ON=C(C)C)C(=O)NCC1(O)CCC1. The second kappa shape index (κ2) is 7.48. The largest absolute Gasteiger partial charge is 0.388 e. The van der Waals surface area contributed by atoms with Crippen LogP contribution < -0.4 is 5.32 Å². The van der Waals surface area contributed by atoms with Crippen molar-refractivity contribution in [2.75, 3.05) is 6.54 Å². The van der Waals surface area contributed by atoms with Gasteiger partial charge < -0.3 is 15.3 Å². The van der Waals surface area contributed by atoms with Crippen LogP contribution in [0.15, 0.2) is 5.16 Å². The van der Waals surface area contributed by atoms with Gasteiger partial charge in [0.05, 0.1) is 11.3 Å². The molecule has 1 aliphatic carbocycles. The number of carbonyl (C=O) groups excluding carboxylic acids is 1. The summed E-state index contributed by atoms with van der Waals surface area (Å²) in [6, 6.07) is 0. The summed E-state index contributed by atoms with van der Waals surface area (Å²) in [5.74, 6) is -0.182. The first kappa shape index (κ1) is 16.0. The van der Waals surface area contributed by atoms with Gasteiger partial charge >= 0.3 is 0 Å². The summed E-state index contributed by atoms with van der Waals surface area (Å²) in [5, 5.41) is 16.6. The van der Waals surface area contributed by atoms with Crippen molar-refractivity contribution in [3.05, 3.63) is 0 Å². The Kier molecular flexibility index (Phi) is 6.28. The average molecular weight is 270 g/mol. The highest BCUT2D eigenvalue weighted by Gasteiger charge is 2.35. The molecule has 1 aliphatic rings. The molecular weight excluding hydrogens is 244 g/mol. The third-order valence-electron chi connectivity index (χ3n) is 3.35. The Hall–Kier alpha value is -1.10. The summed E-state index contributed by atoms with van der Waals surface area (Å²) in [6.45, 7) is 6.03. The van der Waals surface area contributed by atoms with E-state index in [2.05, 4.69) is 17.4 Å². The maximum absolute atomic E-state index is 12.0. The minimum absolute atomic E-state index is 0.182. The highest BCUT2D eigenvalue weighted by molar-refractivity contribution is 5.81. The van der Waals surface area contributed by atoms with Crippen LogP contribution in [0.1, 0.15) is 59.3 Å². The van der Waals surface area contributed by atoms with Gasteiger partial charge in [0.15, 0.2) is 0 Å². The second-order valence-electron chi connectivity index (χ2n) is 5.57. The van der Waals surface area contributed by atoms with E-state index in [4.69, 9.17) is 4.84 Å². The summed E-state index contributed by atoms with van der Waals surface area (Å²) in [7, 11) is 0. The van der Waals surface area contributed by atoms with Gasteiger partial charge in [-0.05, 0) is 46.0 Å². The van der Waals surface area contributed by atoms with Crippen molar-refractivity contribution in [2.45, 2.75) is 71.0 Å². The molecule has 19 heavy (non-hydrogen) atoms. The van der Waals surface area contributed by atoms with Gasteiger partial charge in [-0.25, -0.2) is 0 Å². The first-order valence-corrected chi connectivity index (χ1v) is 7.14. The maximum atomic E-state index is 12.0. The molecule has 0 radical (unpaired) electrons. The molecule has 1 fully saturated rings. The van der Waals surface area contributed by atoms with Gasteiger partial charge in [-0.3, -0.25) is 4.79 Å². The minimum Gasteiger partial charge on any atom is -0.388 e. The fourth-order valence-corrected chi connectivity index (χ4v) is 1.92. The number of aliphatic hydroxyl groups is 1. The molecule has 1 rings (SSSR count). The van der Waals surface area contributed by atoms with Crippen molar-refractivity contribution < 1.29 is 14.7 Å². The lowest BCUT2D eigenvalue weighted by Crippen LogP contribution is -2.50. The smallest absolute Gasteiger partial charge is 0.264 e. The molecule has 0 spiro atoms. The molecule has 0 aromatic rings. The van der Waals surface area contributed by atoms with E-state index in [1.807, 2.05) is 13.8 Å². The second-order valence-corrected chi connectivity index (χ2v) is 5.57. The van der Waals surface area contributed by atoms with Gasteiger partial charge in [-0.1, -0.05) is 18.5 Å². The van der Waals surface area contributed by atoms with Crippen LogP contribution in [0.25, 0.3) is 0 Å². The maximum Gasteiger partial charge on any atom is 0.264 e. The van der Waals surface area contributed by atoms with Crippen LogP contribution in [0.5, 0.6) is 0 Å². The van der Waals surface area contributed by atoms with Gasteiger partial charge in [0, 0.05) is 6.54 Å². The van der Waals surface area contributed by atoms with Crippen LogP contribution in [-0.4, -0.2) is 35.0 Å². The Morgan fingerprint density at radius 2 is 2.16 bits per heavy atom. The van der Waals surface area contributed by atoms with E-state index in [0.29, 0.717) is 13.0 Å². The number of hydrogen-bond donors (Lipinski definition) is 2. The number of amides is 1. The van der Waals surface area contributed by atoms with Crippen LogP contribution in [-0.2, 0) is 9.63 Å². The lowest BCUT2D eigenvalue weighted by molar-refractivity contribution is -0.135. The lowest BCUT2D eigenvalue weighted by Gasteiger charge is -2.36. The summed E-state index contributed by atoms with van der Waals surface area (Å²) < 4.78 is 0. The van der Waals surface area contributed by atoms with Crippen molar-refractivity contribution in [1.29, 1.82) is 0 Å². The third kappa shape index (κ3) is 5.59. The summed E-state index contributed by atoms with van der Waals surface area (Å²) in [5.41, 5.74) is 0.0847. The zero-order chi connectivity index (χ0) is 14.3. The molecule has 0 aromatic carbocycles. The van der Waals surface area contributed by atoms with Crippen molar-refractivity contribution in [1.82, 2.24) is 5.32 Å². The van der Waals surface area contributed by atoms with E-state index in [-0.39, 0.29) is 5.91 Å². The Balaban J connectivity index is 2.42. The molecule has 2 N–H and O–H groups in total. The quantitative estimate of drug-likeness (QED) is 0.523. The average Bonchev–Trinajstić information content (AvgIpc) is 2.33. The fraction of sp³-hybridized carbons (Fsp3) is 0.857. The Morgan fingerprint density at radius 1 is 1.47 bits per heavy atom. The van der Waals surface area contributed by atoms with Crippen LogP contribution in [0, 0.1) is 0 Å². The Morgan fingerprint density at radius 3 is 2.63 bits per heavy atom. The van der Waals surface area contributed by atoms with Gasteiger partial charge in [0.2, 0.25) is 6.10 Å². The van der Waals surface area contributed by atoms with Crippen LogP contribution >= 0.6 is 0 Å². The molecule has 5 heteroatoms. The van der Waals surface area contributed by atoms with E-state index < -0.39 is 11.7 Å². The third-order valence-corrected chi connectivity index (χ3v) is 3.35. The number of carbonyl (C=O) groups is 1. The van der Waals surface area contributed by atoms with E-state index in [1.165, 1.54) is 0 Å². The number of nitrogens with one attached hydrogen (secondary N) is 1. The fourth-order valence-electron chi connectivity index (χ4n) is 1.92. The summed E-state index contributed by atoms with van der Waals surface area (Å²) >= 11 is 0. The molecule has 5 nitrogen and oxygen atoms in total. The molecule has 0 unspecified atom stereocenters. The number of unbranched alkanes of at least 4 members (excludes halogenated alkanes) is 1. The zero-order valence-electron chi connectivity index (χ0n) is 12.2. The number of oxime groups is 1. The predicted molar refractivity (Wildman–Crippen MR) is 75.0 cm³/mol. The number of rotatable bonds is 8. The summed E-state index contributed by atoms with van der Waals surface area (Å²) in [4.78, 5) is 17.3. The van der Waals surface area contributed by atoms with Crippen LogP contribution in [0.3, 0.4) is 0 Å². The highest BCUT2D eigenvalue weighted by atomic mass is 16.6. The molecule has 1 saturated carbocycles. The molecule has 0 saturated heterocycles. The Labute approximate surface area is 115 Å². The van der Waals surface area contributed by atoms with Crippen molar-refractivity contribution >= 4 is 11.6 Å². The first-order valence-electron chi connectivity index (χ1n) is 7.14. The molecule has 110 valence electrons. The lowest BCUT2D eigenvalue weighted by atomic mass is 9.80. The molecule has 1 atom stereocenters. The molecule has 0 aromatic heterocycles. The first-order chi connectivity index (χ1) is 8.97. The summed E-state index contributed by atoms with van der Waals surface area (Å²) in [6.07, 6.45) is 4.57. The molecule has 0 aliphatic heterocycles. The van der Waals surface area contributed by atoms with Gasteiger partial charge in [-0.2, -0.15) is 0 Å². The predicted octanol–water partition coefficient (Wildman–Crippen LogP) is 1.99. The Bertz CT molecular complexity index is 321. The van der Waals surface area contributed by atoms with E-state index in [1.54, 1.807) is 0 Å². The monoisotopic (exact) mass is 270 g/mol. The van der Waals surface area contributed by atoms with Gasteiger partial charge in [0.25, 0.3) is 5.91 Å². The standard InChI is InChI=1S/C14H26N2O3/c1-4-5-7-12(19-16-11(2)3)13(17)15-10-14(18)8-6-9-14/h12,18H,4-10H2,1-3H3,(H,15,17)/t12-/m0/s1. The van der Waals surface area contributed by atoms with E-state index in [0.717, 1.165) is 37.8 Å².